The fourth-order valence-corrected chi connectivity index (χ4v) is 2.08. The molecule has 0 aromatic rings. The summed E-state index contributed by atoms with van der Waals surface area (Å²) in [4.78, 5) is 14.1. The van der Waals surface area contributed by atoms with Gasteiger partial charge in [-0.1, -0.05) is 6.92 Å². The van der Waals surface area contributed by atoms with Gasteiger partial charge in [-0.15, -0.1) is 0 Å². The van der Waals surface area contributed by atoms with Crippen molar-refractivity contribution < 1.29 is 9.90 Å². The smallest absolute Gasteiger partial charge is 0.222 e. The second kappa shape index (κ2) is 5.64. The summed E-state index contributed by atoms with van der Waals surface area (Å²) in [5.74, 6) is 0.0529. The predicted molar refractivity (Wildman–Crippen MR) is 64.2 cm³/mol. The third kappa shape index (κ3) is 3.46. The van der Waals surface area contributed by atoms with E-state index in [1.165, 1.54) is 6.42 Å². The number of nitrogens with zero attached hydrogens (tertiary/aromatic N) is 1. The van der Waals surface area contributed by atoms with Crippen molar-refractivity contribution in [3.05, 3.63) is 0 Å². The van der Waals surface area contributed by atoms with E-state index in [1.54, 1.807) is 0 Å². The number of carbonyl (C=O) groups excluding carboxylic acids is 1. The maximum absolute atomic E-state index is 11.8. The van der Waals surface area contributed by atoms with Crippen LogP contribution in [0.2, 0.25) is 0 Å². The van der Waals surface area contributed by atoms with Gasteiger partial charge in [0.05, 0.1) is 12.1 Å². The summed E-state index contributed by atoms with van der Waals surface area (Å²) in [5, 5.41) is 12.1. The highest BCUT2D eigenvalue weighted by Gasteiger charge is 2.27. The molecule has 0 radical (unpaired) electrons. The summed E-state index contributed by atoms with van der Waals surface area (Å²) in [6, 6.07) is 0.375. The van der Waals surface area contributed by atoms with Gasteiger partial charge in [-0.3, -0.25) is 4.79 Å². The zero-order valence-electron chi connectivity index (χ0n) is 10.6. The molecule has 0 aliphatic carbocycles. The van der Waals surface area contributed by atoms with Gasteiger partial charge in [-0.2, -0.15) is 0 Å². The summed E-state index contributed by atoms with van der Waals surface area (Å²) in [7, 11) is 2.07. The first kappa shape index (κ1) is 13.5. The quantitative estimate of drug-likeness (QED) is 0.730. The SMILES string of the molecule is CCC(C)(CO)NC(=O)C[C@@H]1CCCN1C. The van der Waals surface area contributed by atoms with Crippen LogP contribution < -0.4 is 5.32 Å². The van der Waals surface area contributed by atoms with E-state index in [9.17, 15) is 9.90 Å². The van der Waals surface area contributed by atoms with Crippen molar-refractivity contribution in [3.8, 4) is 0 Å². The maximum Gasteiger partial charge on any atom is 0.222 e. The highest BCUT2D eigenvalue weighted by atomic mass is 16.3. The Labute approximate surface area is 98.0 Å². The Morgan fingerprint density at radius 2 is 2.31 bits per heavy atom. The Morgan fingerprint density at radius 3 is 2.75 bits per heavy atom. The molecule has 0 bridgehead atoms. The second-order valence-corrected chi connectivity index (χ2v) is 5.10. The van der Waals surface area contributed by atoms with Crippen LogP contribution >= 0.6 is 0 Å². The van der Waals surface area contributed by atoms with Gasteiger partial charge in [0.1, 0.15) is 0 Å². The Kier molecular flexibility index (Phi) is 4.74. The van der Waals surface area contributed by atoms with Gasteiger partial charge in [0.25, 0.3) is 0 Å². The molecule has 2 atom stereocenters. The summed E-state index contributed by atoms with van der Waals surface area (Å²) in [5.41, 5.74) is -0.464. The Balaban J connectivity index is 2.40. The first-order chi connectivity index (χ1) is 7.50. The van der Waals surface area contributed by atoms with E-state index in [1.807, 2.05) is 13.8 Å². The molecule has 0 saturated carbocycles. The van der Waals surface area contributed by atoms with E-state index < -0.39 is 5.54 Å². The van der Waals surface area contributed by atoms with Gasteiger partial charge in [-0.25, -0.2) is 0 Å². The van der Waals surface area contributed by atoms with Crippen LogP contribution in [0.3, 0.4) is 0 Å². The largest absolute Gasteiger partial charge is 0.394 e. The number of hydrogen-bond donors (Lipinski definition) is 2. The van der Waals surface area contributed by atoms with Crippen LogP contribution in [0.4, 0.5) is 0 Å². The monoisotopic (exact) mass is 228 g/mol. The summed E-state index contributed by atoms with van der Waals surface area (Å²) < 4.78 is 0. The number of nitrogens with one attached hydrogen (secondary N) is 1. The minimum atomic E-state index is -0.464. The molecular formula is C12H24N2O2. The van der Waals surface area contributed by atoms with Gasteiger partial charge < -0.3 is 15.3 Å². The minimum absolute atomic E-state index is 0.00422. The van der Waals surface area contributed by atoms with Crippen molar-refractivity contribution >= 4 is 5.91 Å². The maximum atomic E-state index is 11.8. The van der Waals surface area contributed by atoms with Crippen LogP contribution in [-0.2, 0) is 4.79 Å². The van der Waals surface area contributed by atoms with Crippen LogP contribution in [0.5, 0.6) is 0 Å². The molecule has 0 spiro atoms. The van der Waals surface area contributed by atoms with Gasteiger partial charge in [0.15, 0.2) is 0 Å². The molecule has 2 N–H and O–H groups in total. The summed E-state index contributed by atoms with van der Waals surface area (Å²) in [6.07, 6.45) is 3.58. The molecule has 1 fully saturated rings. The predicted octanol–water partition coefficient (Wildman–Crippen LogP) is 0.748. The molecule has 1 heterocycles. The highest BCUT2D eigenvalue weighted by molar-refractivity contribution is 5.77. The molecule has 0 aromatic carbocycles. The second-order valence-electron chi connectivity index (χ2n) is 5.10. The Morgan fingerprint density at radius 1 is 1.62 bits per heavy atom. The molecule has 1 amide bonds. The molecule has 0 aromatic heterocycles. The average molecular weight is 228 g/mol. The van der Waals surface area contributed by atoms with Crippen LogP contribution in [0.15, 0.2) is 0 Å². The van der Waals surface area contributed by atoms with Crippen molar-refractivity contribution in [2.75, 3.05) is 20.2 Å². The van der Waals surface area contributed by atoms with Gasteiger partial charge in [0.2, 0.25) is 5.91 Å². The lowest BCUT2D eigenvalue weighted by atomic mass is 9.99. The van der Waals surface area contributed by atoms with E-state index in [0.717, 1.165) is 19.4 Å². The van der Waals surface area contributed by atoms with Gasteiger partial charge in [0, 0.05) is 12.5 Å². The lowest BCUT2D eigenvalue weighted by Crippen LogP contribution is -2.49. The molecule has 94 valence electrons. The molecule has 1 aliphatic rings. The first-order valence-electron chi connectivity index (χ1n) is 6.13. The van der Waals surface area contributed by atoms with E-state index in [4.69, 9.17) is 0 Å². The molecule has 1 aliphatic heterocycles. The topological polar surface area (TPSA) is 52.6 Å². The molecule has 4 nitrogen and oxygen atoms in total. The number of likely N-dealkylation sites (tertiary alicyclic amines) is 1. The summed E-state index contributed by atoms with van der Waals surface area (Å²) in [6.45, 7) is 4.93. The van der Waals surface area contributed by atoms with E-state index in [-0.39, 0.29) is 12.5 Å². The number of aliphatic hydroxyl groups excluding tert-OH is 1. The number of hydrogen-bond acceptors (Lipinski definition) is 3. The van der Waals surface area contributed by atoms with Crippen LogP contribution in [0.25, 0.3) is 0 Å². The molecule has 16 heavy (non-hydrogen) atoms. The van der Waals surface area contributed by atoms with Crippen molar-refractivity contribution in [1.82, 2.24) is 10.2 Å². The third-order valence-electron chi connectivity index (χ3n) is 3.66. The zero-order chi connectivity index (χ0) is 12.2. The molecule has 1 saturated heterocycles. The van der Waals surface area contributed by atoms with Crippen LogP contribution in [-0.4, -0.2) is 47.7 Å². The highest BCUT2D eigenvalue weighted by Crippen LogP contribution is 2.18. The minimum Gasteiger partial charge on any atom is -0.394 e. The average Bonchev–Trinajstić information content (AvgIpc) is 2.64. The third-order valence-corrected chi connectivity index (χ3v) is 3.66. The van der Waals surface area contributed by atoms with Crippen molar-refractivity contribution in [2.45, 2.75) is 51.1 Å². The van der Waals surface area contributed by atoms with Crippen molar-refractivity contribution in [3.63, 3.8) is 0 Å². The Bertz CT molecular complexity index is 239. The first-order valence-corrected chi connectivity index (χ1v) is 6.13. The van der Waals surface area contributed by atoms with Gasteiger partial charge >= 0.3 is 0 Å². The van der Waals surface area contributed by atoms with E-state index in [2.05, 4.69) is 17.3 Å². The number of carbonyl (C=O) groups is 1. The fourth-order valence-electron chi connectivity index (χ4n) is 2.08. The van der Waals surface area contributed by atoms with Crippen molar-refractivity contribution in [1.29, 1.82) is 0 Å². The number of amides is 1. The molecule has 4 heteroatoms. The number of aliphatic hydroxyl groups is 1. The van der Waals surface area contributed by atoms with Crippen molar-refractivity contribution in [2.24, 2.45) is 0 Å². The lowest BCUT2D eigenvalue weighted by Gasteiger charge is -2.28. The molecule has 1 rings (SSSR count). The normalized spacial score (nSPS) is 25.4. The Hall–Kier alpha value is -0.610. The van der Waals surface area contributed by atoms with E-state index in [0.29, 0.717) is 12.5 Å². The lowest BCUT2D eigenvalue weighted by molar-refractivity contribution is -0.124. The van der Waals surface area contributed by atoms with E-state index >= 15 is 0 Å². The van der Waals surface area contributed by atoms with Crippen LogP contribution in [0.1, 0.15) is 39.5 Å². The zero-order valence-corrected chi connectivity index (χ0v) is 10.6. The molecular weight excluding hydrogens is 204 g/mol. The number of rotatable bonds is 5. The fraction of sp³-hybridized carbons (Fsp3) is 0.917. The van der Waals surface area contributed by atoms with Gasteiger partial charge in [-0.05, 0) is 39.8 Å². The molecule has 1 unspecified atom stereocenters. The standard InChI is InChI=1S/C12H24N2O2/c1-4-12(2,9-15)13-11(16)8-10-6-5-7-14(10)3/h10,15H,4-9H2,1-3H3,(H,13,16)/t10-,12?/m0/s1. The summed E-state index contributed by atoms with van der Waals surface area (Å²) >= 11 is 0. The van der Waals surface area contributed by atoms with Crippen LogP contribution in [0, 0.1) is 0 Å².